The lowest BCUT2D eigenvalue weighted by Crippen LogP contribution is -2.48. The van der Waals surface area contributed by atoms with Gasteiger partial charge in [0.15, 0.2) is 0 Å². The van der Waals surface area contributed by atoms with Crippen LogP contribution in [-0.2, 0) is 9.47 Å². The summed E-state index contributed by atoms with van der Waals surface area (Å²) >= 11 is 0. The molecule has 0 bridgehead atoms. The number of hydrogen-bond donors (Lipinski definition) is 1. The molecule has 0 aliphatic carbocycles. The first-order chi connectivity index (χ1) is 6.77. The van der Waals surface area contributed by atoms with Crippen LogP contribution in [0.3, 0.4) is 0 Å². The maximum Gasteiger partial charge on any atom is 0.409 e. The van der Waals surface area contributed by atoms with E-state index in [-0.39, 0.29) is 12.2 Å². The quantitative estimate of drug-likeness (QED) is 0.703. The summed E-state index contributed by atoms with van der Waals surface area (Å²) in [6.45, 7) is 4.82. The van der Waals surface area contributed by atoms with Crippen molar-refractivity contribution in [3.63, 3.8) is 0 Å². The first kappa shape index (κ1) is 11.3. The number of morpholine rings is 1. The van der Waals surface area contributed by atoms with Gasteiger partial charge < -0.3 is 19.7 Å². The number of rotatable bonds is 3. The number of ether oxygens (including phenoxy) is 2. The molecule has 1 aliphatic heterocycles. The molecule has 1 heterocycles. The fraction of sp³-hybridized carbons (Fsp3) is 0.889. The lowest BCUT2D eigenvalue weighted by molar-refractivity contribution is -0.0246. The molecule has 1 fully saturated rings. The Balaban J connectivity index is 2.35. The molecule has 1 N–H and O–H groups in total. The fourth-order valence-electron chi connectivity index (χ4n) is 1.45. The van der Waals surface area contributed by atoms with Crippen LogP contribution in [0.1, 0.15) is 6.92 Å². The molecule has 5 nitrogen and oxygen atoms in total. The molecule has 0 aromatic heterocycles. The van der Waals surface area contributed by atoms with Gasteiger partial charge in [-0.05, 0) is 14.0 Å². The van der Waals surface area contributed by atoms with Gasteiger partial charge >= 0.3 is 6.09 Å². The van der Waals surface area contributed by atoms with Crippen LogP contribution in [0.15, 0.2) is 0 Å². The molecule has 5 heteroatoms. The lowest BCUT2D eigenvalue weighted by Gasteiger charge is -2.32. The minimum absolute atomic E-state index is 0.0816. The zero-order valence-corrected chi connectivity index (χ0v) is 8.78. The Kier molecular flexibility index (Phi) is 4.69. The van der Waals surface area contributed by atoms with Crippen molar-refractivity contribution in [3.05, 3.63) is 0 Å². The van der Waals surface area contributed by atoms with Crippen LogP contribution in [-0.4, -0.2) is 57.0 Å². The largest absolute Gasteiger partial charge is 0.450 e. The van der Waals surface area contributed by atoms with Crippen molar-refractivity contribution in [2.24, 2.45) is 0 Å². The summed E-state index contributed by atoms with van der Waals surface area (Å²) in [7, 11) is 1.87. The maximum absolute atomic E-state index is 11.4. The van der Waals surface area contributed by atoms with Crippen molar-refractivity contribution in [2.75, 3.05) is 39.9 Å². The molecule has 0 saturated carbocycles. The summed E-state index contributed by atoms with van der Waals surface area (Å²) in [5.74, 6) is 0. The summed E-state index contributed by atoms with van der Waals surface area (Å²) in [6.07, 6.45) is -0.157. The Bertz CT molecular complexity index is 185. The normalized spacial score (nSPS) is 22.1. The van der Waals surface area contributed by atoms with Gasteiger partial charge in [0.1, 0.15) is 0 Å². The number of amides is 1. The van der Waals surface area contributed by atoms with Crippen LogP contribution in [0.4, 0.5) is 4.79 Å². The monoisotopic (exact) mass is 202 g/mol. The summed E-state index contributed by atoms with van der Waals surface area (Å²) in [5, 5.41) is 3.03. The molecule has 1 rings (SSSR count). The summed E-state index contributed by atoms with van der Waals surface area (Å²) in [5.41, 5.74) is 0. The van der Waals surface area contributed by atoms with E-state index in [0.29, 0.717) is 26.3 Å². The topological polar surface area (TPSA) is 50.8 Å². The van der Waals surface area contributed by atoms with E-state index in [1.807, 2.05) is 14.0 Å². The number of carbonyl (C=O) groups excluding carboxylic acids is 1. The van der Waals surface area contributed by atoms with E-state index in [1.54, 1.807) is 4.90 Å². The van der Waals surface area contributed by atoms with E-state index in [1.165, 1.54) is 0 Å². The third-order valence-corrected chi connectivity index (χ3v) is 2.10. The Labute approximate surface area is 84.4 Å². The summed E-state index contributed by atoms with van der Waals surface area (Å²) in [4.78, 5) is 13.1. The van der Waals surface area contributed by atoms with E-state index >= 15 is 0 Å². The third-order valence-electron chi connectivity index (χ3n) is 2.10. The molecule has 0 aromatic rings. The minimum Gasteiger partial charge on any atom is -0.450 e. The SMILES string of the molecule is CCOC(=O)N1CCOC(CNC)C1. The molecule has 1 amide bonds. The van der Waals surface area contributed by atoms with Gasteiger partial charge in [0, 0.05) is 13.1 Å². The van der Waals surface area contributed by atoms with Gasteiger partial charge in [-0.15, -0.1) is 0 Å². The number of likely N-dealkylation sites (N-methyl/N-ethyl adjacent to an activating group) is 1. The number of nitrogens with zero attached hydrogens (tertiary/aromatic N) is 1. The first-order valence-corrected chi connectivity index (χ1v) is 4.95. The van der Waals surface area contributed by atoms with Gasteiger partial charge in [-0.25, -0.2) is 4.79 Å². The van der Waals surface area contributed by atoms with Gasteiger partial charge in [-0.2, -0.15) is 0 Å². The van der Waals surface area contributed by atoms with Crippen LogP contribution in [0.5, 0.6) is 0 Å². The van der Waals surface area contributed by atoms with Crippen molar-refractivity contribution >= 4 is 6.09 Å². The van der Waals surface area contributed by atoms with E-state index in [4.69, 9.17) is 9.47 Å². The van der Waals surface area contributed by atoms with Crippen LogP contribution in [0.25, 0.3) is 0 Å². The van der Waals surface area contributed by atoms with Crippen molar-refractivity contribution in [1.82, 2.24) is 10.2 Å². The second-order valence-electron chi connectivity index (χ2n) is 3.20. The van der Waals surface area contributed by atoms with Crippen molar-refractivity contribution < 1.29 is 14.3 Å². The first-order valence-electron chi connectivity index (χ1n) is 4.95. The maximum atomic E-state index is 11.4. The molecular weight excluding hydrogens is 184 g/mol. The molecule has 1 saturated heterocycles. The van der Waals surface area contributed by atoms with E-state index < -0.39 is 0 Å². The van der Waals surface area contributed by atoms with E-state index in [0.717, 1.165) is 6.54 Å². The van der Waals surface area contributed by atoms with Gasteiger partial charge in [-0.3, -0.25) is 0 Å². The van der Waals surface area contributed by atoms with E-state index in [9.17, 15) is 4.79 Å². The second kappa shape index (κ2) is 5.82. The van der Waals surface area contributed by atoms with Gasteiger partial charge in [0.2, 0.25) is 0 Å². The molecular formula is C9H18N2O3. The smallest absolute Gasteiger partial charge is 0.409 e. The molecule has 0 radical (unpaired) electrons. The highest BCUT2D eigenvalue weighted by atomic mass is 16.6. The predicted octanol–water partition coefficient (Wildman–Crippen LogP) is 0.0631. The highest BCUT2D eigenvalue weighted by molar-refractivity contribution is 5.67. The summed E-state index contributed by atoms with van der Waals surface area (Å²) < 4.78 is 10.4. The predicted molar refractivity (Wildman–Crippen MR) is 52.3 cm³/mol. The van der Waals surface area contributed by atoms with Gasteiger partial charge in [0.05, 0.1) is 25.9 Å². The van der Waals surface area contributed by atoms with Crippen LogP contribution in [0.2, 0.25) is 0 Å². The Morgan fingerprint density at radius 3 is 3.14 bits per heavy atom. The third kappa shape index (κ3) is 3.16. The van der Waals surface area contributed by atoms with Gasteiger partial charge in [-0.1, -0.05) is 0 Å². The average molecular weight is 202 g/mol. The molecule has 1 aliphatic rings. The Morgan fingerprint density at radius 1 is 1.71 bits per heavy atom. The highest BCUT2D eigenvalue weighted by Crippen LogP contribution is 2.05. The number of hydrogen-bond acceptors (Lipinski definition) is 4. The molecule has 1 unspecified atom stereocenters. The number of nitrogens with one attached hydrogen (secondary N) is 1. The lowest BCUT2D eigenvalue weighted by atomic mass is 10.3. The van der Waals surface area contributed by atoms with Gasteiger partial charge in [0.25, 0.3) is 0 Å². The molecule has 0 spiro atoms. The van der Waals surface area contributed by atoms with Crippen LogP contribution in [0, 0.1) is 0 Å². The van der Waals surface area contributed by atoms with Crippen LogP contribution < -0.4 is 5.32 Å². The zero-order valence-electron chi connectivity index (χ0n) is 8.78. The van der Waals surface area contributed by atoms with Crippen molar-refractivity contribution in [3.8, 4) is 0 Å². The molecule has 1 atom stereocenters. The summed E-state index contributed by atoms with van der Waals surface area (Å²) in [6, 6.07) is 0. The second-order valence-corrected chi connectivity index (χ2v) is 3.20. The highest BCUT2D eigenvalue weighted by Gasteiger charge is 2.24. The fourth-order valence-corrected chi connectivity index (χ4v) is 1.45. The average Bonchev–Trinajstić information content (AvgIpc) is 2.19. The standard InChI is InChI=1S/C9H18N2O3/c1-3-13-9(12)11-4-5-14-8(7-11)6-10-2/h8,10H,3-7H2,1-2H3. The molecule has 82 valence electrons. The molecule has 0 aromatic carbocycles. The van der Waals surface area contributed by atoms with Crippen molar-refractivity contribution in [1.29, 1.82) is 0 Å². The minimum atomic E-state index is -0.239. The van der Waals surface area contributed by atoms with Crippen LogP contribution >= 0.6 is 0 Å². The van der Waals surface area contributed by atoms with Crippen molar-refractivity contribution in [2.45, 2.75) is 13.0 Å². The van der Waals surface area contributed by atoms with E-state index in [2.05, 4.69) is 5.32 Å². The number of carbonyl (C=O) groups is 1. The Hall–Kier alpha value is -0.810. The molecule has 14 heavy (non-hydrogen) atoms. The zero-order chi connectivity index (χ0) is 10.4. The Morgan fingerprint density at radius 2 is 2.50 bits per heavy atom.